The minimum absolute atomic E-state index is 0.0854. The Hall–Kier alpha value is -1.19. The second-order valence-electron chi connectivity index (χ2n) is 4.76. The van der Waals surface area contributed by atoms with Crippen LogP contribution in [0.5, 0.6) is 0 Å². The van der Waals surface area contributed by atoms with Crippen LogP contribution in [0.1, 0.15) is 23.0 Å². The Morgan fingerprint density at radius 2 is 2.05 bits per heavy atom. The largest absolute Gasteiger partial charge is 0.416 e. The number of rotatable bonds is 4. The lowest BCUT2D eigenvalue weighted by atomic mass is 10.2. The van der Waals surface area contributed by atoms with E-state index >= 15 is 0 Å². The summed E-state index contributed by atoms with van der Waals surface area (Å²) in [5, 5.41) is 0.438. The van der Waals surface area contributed by atoms with Gasteiger partial charge in [0.2, 0.25) is 0 Å². The van der Waals surface area contributed by atoms with Crippen molar-refractivity contribution in [3.63, 3.8) is 0 Å². The highest BCUT2D eigenvalue weighted by Gasteiger charge is 2.30. The lowest BCUT2D eigenvalue weighted by molar-refractivity contribution is -0.137. The van der Waals surface area contributed by atoms with Gasteiger partial charge in [0.05, 0.1) is 27.6 Å². The maximum absolute atomic E-state index is 12.6. The fourth-order valence-corrected chi connectivity index (χ4v) is 3.41. The number of alkyl halides is 3. The van der Waals surface area contributed by atoms with Crippen molar-refractivity contribution in [1.82, 2.24) is 4.98 Å². The van der Waals surface area contributed by atoms with E-state index in [0.717, 1.165) is 18.4 Å². The summed E-state index contributed by atoms with van der Waals surface area (Å²) >= 11 is 1.18. The molecular formula is C12H13F3N2O2S2. The van der Waals surface area contributed by atoms with Gasteiger partial charge in [0.1, 0.15) is 14.8 Å². The number of hydrogen-bond acceptors (Lipinski definition) is 5. The Kier molecular flexibility index (Phi) is 4.27. The summed E-state index contributed by atoms with van der Waals surface area (Å²) in [5.41, 5.74) is 5.31. The van der Waals surface area contributed by atoms with Crippen molar-refractivity contribution in [2.45, 2.75) is 18.6 Å². The number of aromatic nitrogens is 1. The molecule has 21 heavy (non-hydrogen) atoms. The summed E-state index contributed by atoms with van der Waals surface area (Å²) in [6, 6.07) is 2.71. The summed E-state index contributed by atoms with van der Waals surface area (Å²) in [4.78, 5) is 4.09. The van der Waals surface area contributed by atoms with Gasteiger partial charge in [0, 0.05) is 6.26 Å². The van der Waals surface area contributed by atoms with Gasteiger partial charge in [-0.3, -0.25) is 0 Å². The van der Waals surface area contributed by atoms with Gasteiger partial charge < -0.3 is 5.73 Å². The van der Waals surface area contributed by atoms with E-state index in [1.165, 1.54) is 17.4 Å². The molecule has 9 heteroatoms. The molecule has 0 radical (unpaired) electrons. The fraction of sp³-hybridized carbons (Fsp3) is 0.417. The molecule has 1 atom stereocenters. The van der Waals surface area contributed by atoms with Crippen molar-refractivity contribution in [3.8, 4) is 0 Å². The van der Waals surface area contributed by atoms with E-state index in [2.05, 4.69) is 4.98 Å². The molecule has 1 heterocycles. The Morgan fingerprint density at radius 3 is 2.62 bits per heavy atom. The first kappa shape index (κ1) is 16.2. The normalized spacial score (nSPS) is 14.5. The molecule has 2 aromatic rings. The molecule has 0 saturated heterocycles. The third-order valence-corrected chi connectivity index (χ3v) is 4.99. The van der Waals surface area contributed by atoms with Crippen LogP contribution in [0.2, 0.25) is 0 Å². The standard InChI is InChI=1S/C12H13F3N2O2S2/c1-21(18,19)5-4-8(16)11-17-9-6-7(12(13,14)15)2-3-10(9)20-11/h2-3,6,8H,4-5,16H2,1H3. The number of nitrogens with zero attached hydrogens (tertiary/aromatic N) is 1. The zero-order valence-corrected chi connectivity index (χ0v) is 12.6. The van der Waals surface area contributed by atoms with Crippen molar-refractivity contribution < 1.29 is 21.6 Å². The van der Waals surface area contributed by atoms with E-state index in [1.807, 2.05) is 0 Å². The van der Waals surface area contributed by atoms with E-state index in [-0.39, 0.29) is 17.7 Å². The van der Waals surface area contributed by atoms with E-state index in [0.29, 0.717) is 9.71 Å². The molecular weight excluding hydrogens is 325 g/mol. The van der Waals surface area contributed by atoms with Crippen LogP contribution < -0.4 is 5.73 Å². The minimum Gasteiger partial charge on any atom is -0.322 e. The summed E-state index contributed by atoms with van der Waals surface area (Å²) in [6.07, 6.45) is -3.13. The third-order valence-electron chi connectivity index (χ3n) is 2.85. The summed E-state index contributed by atoms with van der Waals surface area (Å²) in [5.74, 6) is -0.0854. The number of fused-ring (bicyclic) bond motifs is 1. The molecule has 0 spiro atoms. The van der Waals surface area contributed by atoms with Crippen molar-refractivity contribution >= 4 is 31.4 Å². The van der Waals surface area contributed by atoms with Crippen LogP contribution in [-0.4, -0.2) is 25.4 Å². The molecule has 0 aliphatic heterocycles. The molecule has 0 saturated carbocycles. The number of thiazole rings is 1. The number of benzene rings is 1. The molecule has 0 aliphatic rings. The second-order valence-corrected chi connectivity index (χ2v) is 8.08. The van der Waals surface area contributed by atoms with Gasteiger partial charge in [-0.25, -0.2) is 13.4 Å². The molecule has 2 N–H and O–H groups in total. The number of halogens is 3. The summed E-state index contributed by atoms with van der Waals surface area (Å²) < 4.78 is 60.6. The monoisotopic (exact) mass is 338 g/mol. The first-order chi connectivity index (χ1) is 9.56. The zero-order chi connectivity index (χ0) is 15.8. The highest BCUT2D eigenvalue weighted by molar-refractivity contribution is 7.90. The zero-order valence-electron chi connectivity index (χ0n) is 11.0. The molecule has 116 valence electrons. The molecule has 0 bridgehead atoms. The molecule has 1 aromatic carbocycles. The number of nitrogens with two attached hydrogens (primary N) is 1. The smallest absolute Gasteiger partial charge is 0.322 e. The molecule has 0 fully saturated rings. The van der Waals surface area contributed by atoms with Crippen molar-refractivity contribution in [3.05, 3.63) is 28.8 Å². The van der Waals surface area contributed by atoms with Crippen LogP contribution in [0.4, 0.5) is 13.2 Å². The van der Waals surface area contributed by atoms with Crippen molar-refractivity contribution in [1.29, 1.82) is 0 Å². The Balaban J connectivity index is 2.26. The average molecular weight is 338 g/mol. The quantitative estimate of drug-likeness (QED) is 0.930. The van der Waals surface area contributed by atoms with Gasteiger partial charge in [-0.05, 0) is 24.6 Å². The van der Waals surface area contributed by atoms with Gasteiger partial charge in [-0.15, -0.1) is 11.3 Å². The van der Waals surface area contributed by atoms with Crippen LogP contribution >= 0.6 is 11.3 Å². The van der Waals surface area contributed by atoms with Gasteiger partial charge in [-0.2, -0.15) is 13.2 Å². The number of hydrogen-bond donors (Lipinski definition) is 1. The lowest BCUT2D eigenvalue weighted by Gasteiger charge is -2.06. The predicted molar refractivity (Wildman–Crippen MR) is 75.9 cm³/mol. The minimum atomic E-state index is -4.42. The van der Waals surface area contributed by atoms with Crippen molar-refractivity contribution in [2.24, 2.45) is 5.73 Å². The van der Waals surface area contributed by atoms with Crippen LogP contribution in [-0.2, 0) is 16.0 Å². The van der Waals surface area contributed by atoms with E-state index in [9.17, 15) is 21.6 Å². The van der Waals surface area contributed by atoms with Gasteiger partial charge in [0.15, 0.2) is 0 Å². The Bertz CT molecular complexity index is 753. The Labute approximate surface area is 123 Å². The fourth-order valence-electron chi connectivity index (χ4n) is 1.74. The SMILES string of the molecule is CS(=O)(=O)CCC(N)c1nc2cc(C(F)(F)F)ccc2s1. The predicted octanol–water partition coefficient (Wildman–Crippen LogP) is 2.75. The van der Waals surface area contributed by atoms with Crippen LogP contribution in [0, 0.1) is 0 Å². The molecule has 2 rings (SSSR count). The van der Waals surface area contributed by atoms with Crippen LogP contribution in [0.15, 0.2) is 18.2 Å². The second kappa shape index (κ2) is 5.54. The molecule has 1 unspecified atom stereocenters. The maximum Gasteiger partial charge on any atom is 0.416 e. The van der Waals surface area contributed by atoms with Gasteiger partial charge >= 0.3 is 6.18 Å². The topological polar surface area (TPSA) is 73.0 Å². The number of sulfone groups is 1. The van der Waals surface area contributed by atoms with Crippen LogP contribution in [0.25, 0.3) is 10.2 Å². The van der Waals surface area contributed by atoms with Crippen LogP contribution in [0.3, 0.4) is 0 Å². The average Bonchev–Trinajstić information content (AvgIpc) is 2.76. The third kappa shape index (κ3) is 4.14. The van der Waals surface area contributed by atoms with Crippen molar-refractivity contribution in [2.75, 3.05) is 12.0 Å². The van der Waals surface area contributed by atoms with E-state index < -0.39 is 27.6 Å². The summed E-state index contributed by atoms with van der Waals surface area (Å²) in [6.45, 7) is 0. The van der Waals surface area contributed by atoms with E-state index in [4.69, 9.17) is 5.73 Å². The van der Waals surface area contributed by atoms with Gasteiger partial charge in [-0.1, -0.05) is 0 Å². The highest BCUT2D eigenvalue weighted by atomic mass is 32.2. The molecule has 1 aromatic heterocycles. The van der Waals surface area contributed by atoms with E-state index in [1.54, 1.807) is 0 Å². The highest BCUT2D eigenvalue weighted by Crippen LogP contribution is 2.34. The molecule has 4 nitrogen and oxygen atoms in total. The maximum atomic E-state index is 12.6. The summed E-state index contributed by atoms with van der Waals surface area (Å²) in [7, 11) is -3.14. The molecule has 0 aliphatic carbocycles. The molecule has 0 amide bonds. The lowest BCUT2D eigenvalue weighted by Crippen LogP contribution is -2.15. The first-order valence-electron chi connectivity index (χ1n) is 5.97. The Morgan fingerprint density at radius 1 is 1.38 bits per heavy atom. The first-order valence-corrected chi connectivity index (χ1v) is 8.85. The van der Waals surface area contributed by atoms with Gasteiger partial charge in [0.25, 0.3) is 0 Å².